The molecule has 0 aromatic heterocycles. The summed E-state index contributed by atoms with van der Waals surface area (Å²) in [4.78, 5) is 54.8. The molecule has 9 rings (SSSR count). The van der Waals surface area contributed by atoms with Crippen LogP contribution in [0.25, 0.3) is 0 Å². The number of carbonyl (C=O) groups excluding carboxylic acids is 4. The van der Waals surface area contributed by atoms with Crippen molar-refractivity contribution in [3.63, 3.8) is 0 Å². The zero-order valence-electron chi connectivity index (χ0n) is 25.3. The topological polar surface area (TPSA) is 139 Å². The molecule has 0 radical (unpaired) electrons. The Labute approximate surface area is 256 Å². The van der Waals surface area contributed by atoms with Gasteiger partial charge >= 0.3 is 5.97 Å². The number of esters is 1. The molecule has 1 amide bonds. The van der Waals surface area contributed by atoms with Gasteiger partial charge in [-0.25, -0.2) is 0 Å². The lowest BCUT2D eigenvalue weighted by Crippen LogP contribution is -2.97. The molecule has 1 aromatic carbocycles. The minimum atomic E-state index is -2.16. The molecule has 2 bridgehead atoms. The van der Waals surface area contributed by atoms with E-state index in [2.05, 4.69) is 11.9 Å². The number of rotatable bonds is 4. The number of fused-ring (bicyclic) bond motifs is 1. The van der Waals surface area contributed by atoms with E-state index in [1.807, 2.05) is 32.0 Å². The predicted octanol–water partition coefficient (Wildman–Crippen LogP) is 3.12. The minimum Gasteiger partial charge on any atom is -0.446 e. The van der Waals surface area contributed by atoms with E-state index in [0.717, 1.165) is 0 Å². The molecule has 9 heteroatoms. The summed E-state index contributed by atoms with van der Waals surface area (Å²) in [6, 6.07) is 8.95. The summed E-state index contributed by atoms with van der Waals surface area (Å²) in [5, 5.41) is 27.2. The summed E-state index contributed by atoms with van der Waals surface area (Å²) in [5.74, 6) is -5.45. The number of hydrogen-bond acceptors (Lipinski definition) is 8. The van der Waals surface area contributed by atoms with E-state index in [1.54, 1.807) is 12.1 Å². The monoisotopic (exact) mass is 603 g/mol. The Hall–Kier alpha value is -2.88. The van der Waals surface area contributed by atoms with Crippen LogP contribution in [0, 0.1) is 45.8 Å². The summed E-state index contributed by atoms with van der Waals surface area (Å²) in [6.07, 6.45) is 3.00. The number of aliphatic hydroxyl groups is 2. The Kier molecular flexibility index (Phi) is 5.77. The molecule has 1 unspecified atom stereocenters. The first kappa shape index (κ1) is 28.6. The summed E-state index contributed by atoms with van der Waals surface area (Å²) in [7, 11) is 0. The van der Waals surface area contributed by atoms with Crippen LogP contribution < -0.4 is 5.32 Å². The van der Waals surface area contributed by atoms with Crippen LogP contribution >= 0.6 is 0 Å². The SMILES string of the molecule is C=C1[C@@H]2CC[C@H]3[C@@]45CO[C@](O)([C@@H](O)[C@@H]4C(C)(C)CCC5=O)[C@]34C(=O)C1(OC(=O)C1CCC(NC(=O)c3ccccc3)CC1)[C@H]24. The van der Waals surface area contributed by atoms with Crippen LogP contribution in [0.4, 0.5) is 0 Å². The molecule has 44 heavy (non-hydrogen) atoms. The van der Waals surface area contributed by atoms with Gasteiger partial charge in [0.2, 0.25) is 5.79 Å². The van der Waals surface area contributed by atoms with Crippen LogP contribution in [0.1, 0.15) is 75.6 Å². The number of benzene rings is 1. The summed E-state index contributed by atoms with van der Waals surface area (Å²) in [6.45, 7) is 8.26. The molecule has 9 nitrogen and oxygen atoms in total. The van der Waals surface area contributed by atoms with E-state index in [9.17, 15) is 29.4 Å². The van der Waals surface area contributed by atoms with Gasteiger partial charge in [-0.3, -0.25) is 19.2 Å². The number of hydrogen-bond donors (Lipinski definition) is 3. The summed E-state index contributed by atoms with van der Waals surface area (Å²) < 4.78 is 12.3. The van der Waals surface area contributed by atoms with E-state index in [0.29, 0.717) is 62.5 Å². The van der Waals surface area contributed by atoms with E-state index in [1.165, 1.54) is 0 Å². The average molecular weight is 604 g/mol. The van der Waals surface area contributed by atoms with Crippen molar-refractivity contribution in [2.24, 2.45) is 45.8 Å². The molecule has 6 aliphatic carbocycles. The Morgan fingerprint density at radius 3 is 2.43 bits per heavy atom. The first-order valence-corrected chi connectivity index (χ1v) is 16.3. The third-order valence-corrected chi connectivity index (χ3v) is 13.4. The Morgan fingerprint density at radius 1 is 1.02 bits per heavy atom. The third kappa shape index (κ3) is 3.02. The van der Waals surface area contributed by atoms with Crippen molar-refractivity contribution in [3.8, 4) is 0 Å². The standard InChI is InChI=1S/C35H41NO8/c1-18-22-13-14-23-32-17-43-35(42,27(38)26(32)31(2,3)16-15-24(32)37)33(23)25(22)34(18,30(33)41)44-29(40)20-9-11-21(12-10-20)36-28(39)19-7-5-4-6-8-19/h4-8,20-23,25-27,38,42H,1,9-17H2,2-3H3,(H,36,39)/t20?,21?,22-,23-,25+,26+,27-,32+,33+,34?,35+/m0/s1. The highest BCUT2D eigenvalue weighted by Gasteiger charge is 2.97. The lowest BCUT2D eigenvalue weighted by atomic mass is 9.21. The minimum absolute atomic E-state index is 0.00186. The molecule has 2 heterocycles. The fourth-order valence-corrected chi connectivity index (χ4v) is 11.5. The maximum absolute atomic E-state index is 14.7. The second-order valence-electron chi connectivity index (χ2n) is 15.3. The molecule has 1 aromatic rings. The predicted molar refractivity (Wildman–Crippen MR) is 156 cm³/mol. The van der Waals surface area contributed by atoms with E-state index < -0.39 is 69.2 Å². The smallest absolute Gasteiger partial charge is 0.310 e. The van der Waals surface area contributed by atoms with Crippen LogP contribution in [0.3, 0.4) is 0 Å². The van der Waals surface area contributed by atoms with Crippen molar-refractivity contribution in [2.75, 3.05) is 6.61 Å². The molecule has 8 fully saturated rings. The normalized spacial score (nSPS) is 47.7. The molecule has 2 aliphatic heterocycles. The quantitative estimate of drug-likeness (QED) is 0.353. The van der Waals surface area contributed by atoms with Gasteiger partial charge in [-0.15, -0.1) is 0 Å². The van der Waals surface area contributed by atoms with E-state index >= 15 is 0 Å². The van der Waals surface area contributed by atoms with Crippen LogP contribution in [0.2, 0.25) is 0 Å². The van der Waals surface area contributed by atoms with Gasteiger partial charge in [0, 0.05) is 29.9 Å². The highest BCUT2D eigenvalue weighted by molar-refractivity contribution is 6.10. The largest absolute Gasteiger partial charge is 0.446 e. The fourth-order valence-electron chi connectivity index (χ4n) is 11.5. The third-order valence-electron chi connectivity index (χ3n) is 13.4. The average Bonchev–Trinajstić information content (AvgIpc) is 3.02. The van der Waals surface area contributed by atoms with Crippen LogP contribution in [0.5, 0.6) is 0 Å². The van der Waals surface area contributed by atoms with Crippen molar-refractivity contribution < 1.29 is 38.9 Å². The zero-order valence-corrected chi connectivity index (χ0v) is 25.3. The number of Topliss-reactive ketones (excluding diaryl/α,β-unsaturated/α-hetero) is 2. The van der Waals surface area contributed by atoms with Crippen molar-refractivity contribution in [3.05, 3.63) is 48.0 Å². The number of carbonyl (C=O) groups is 4. The zero-order chi connectivity index (χ0) is 31.0. The van der Waals surface area contributed by atoms with E-state index in [-0.39, 0.29) is 30.3 Å². The number of ketones is 2. The van der Waals surface area contributed by atoms with Gasteiger partial charge in [-0.2, -0.15) is 0 Å². The maximum Gasteiger partial charge on any atom is 0.310 e. The molecular formula is C35H41NO8. The summed E-state index contributed by atoms with van der Waals surface area (Å²) in [5.41, 5.74) is -3.43. The molecule has 2 spiro atoms. The molecule has 234 valence electrons. The maximum atomic E-state index is 14.7. The molecule has 2 saturated heterocycles. The number of aliphatic hydroxyl groups excluding tert-OH is 1. The van der Waals surface area contributed by atoms with Gasteiger partial charge in [-0.1, -0.05) is 38.6 Å². The highest BCUT2D eigenvalue weighted by Crippen LogP contribution is 2.85. The Morgan fingerprint density at radius 2 is 1.73 bits per heavy atom. The van der Waals surface area contributed by atoms with Crippen LogP contribution in [-0.2, 0) is 23.9 Å². The lowest BCUT2D eigenvalue weighted by Gasteiger charge is -2.84. The van der Waals surface area contributed by atoms with Crippen molar-refractivity contribution in [2.45, 2.75) is 88.7 Å². The molecule has 8 aliphatic rings. The van der Waals surface area contributed by atoms with Gasteiger partial charge in [0.1, 0.15) is 17.3 Å². The van der Waals surface area contributed by atoms with Crippen LogP contribution in [0.15, 0.2) is 42.5 Å². The number of amides is 1. The fraction of sp³-hybridized carbons (Fsp3) is 0.657. The van der Waals surface area contributed by atoms with Crippen molar-refractivity contribution in [1.82, 2.24) is 5.32 Å². The second-order valence-corrected chi connectivity index (χ2v) is 15.3. The molecule has 9 atom stereocenters. The first-order chi connectivity index (χ1) is 20.9. The number of nitrogens with one attached hydrogen (secondary N) is 1. The Balaban J connectivity index is 1.04. The van der Waals surface area contributed by atoms with Gasteiger partial charge in [-0.05, 0) is 79.9 Å². The van der Waals surface area contributed by atoms with Gasteiger partial charge in [0.15, 0.2) is 11.4 Å². The van der Waals surface area contributed by atoms with Gasteiger partial charge in [0.25, 0.3) is 5.91 Å². The van der Waals surface area contributed by atoms with Crippen LogP contribution in [-0.4, -0.2) is 63.8 Å². The second kappa shape index (κ2) is 8.89. The number of ether oxygens (including phenoxy) is 2. The first-order valence-electron chi connectivity index (χ1n) is 16.3. The van der Waals surface area contributed by atoms with Crippen molar-refractivity contribution >= 4 is 23.4 Å². The molecule has 3 N–H and O–H groups in total. The van der Waals surface area contributed by atoms with Gasteiger partial charge in [0.05, 0.1) is 17.9 Å². The Bertz CT molecular complexity index is 1500. The lowest BCUT2D eigenvalue weighted by molar-refractivity contribution is -0.465. The molecular weight excluding hydrogens is 562 g/mol. The summed E-state index contributed by atoms with van der Waals surface area (Å²) >= 11 is 0. The van der Waals surface area contributed by atoms with Gasteiger partial charge < -0.3 is 25.0 Å². The van der Waals surface area contributed by atoms with E-state index in [4.69, 9.17) is 9.47 Å². The molecule has 6 saturated carbocycles. The highest BCUT2D eigenvalue weighted by atomic mass is 16.6. The van der Waals surface area contributed by atoms with Crippen molar-refractivity contribution in [1.29, 1.82) is 0 Å².